The number of phenolic OH excluding ortho intramolecular Hbond substituents is 1. The Kier molecular flexibility index (Phi) is 6.06. The van der Waals surface area contributed by atoms with E-state index >= 15 is 0 Å². The maximum absolute atomic E-state index is 9.90. The summed E-state index contributed by atoms with van der Waals surface area (Å²) in [7, 11) is 0. The summed E-state index contributed by atoms with van der Waals surface area (Å²) in [4.78, 5) is 0.970. The number of hydrogen-bond acceptors (Lipinski definition) is 4. The van der Waals surface area contributed by atoms with Gasteiger partial charge in [-0.1, -0.05) is 23.2 Å². The predicted molar refractivity (Wildman–Crippen MR) is 86.8 cm³/mol. The van der Waals surface area contributed by atoms with Crippen molar-refractivity contribution in [2.24, 2.45) is 0 Å². The summed E-state index contributed by atoms with van der Waals surface area (Å²) >= 11 is 13.2. The molecule has 2 N–H and O–H groups in total. The summed E-state index contributed by atoms with van der Waals surface area (Å²) in [5.41, 5.74) is 0. The predicted octanol–water partition coefficient (Wildman–Crippen LogP) is 4.23. The molecule has 0 aromatic heterocycles. The van der Waals surface area contributed by atoms with Crippen LogP contribution in [0, 0.1) is 0 Å². The number of benzene rings is 2. The van der Waals surface area contributed by atoms with Gasteiger partial charge in [-0.05, 0) is 42.5 Å². The highest BCUT2D eigenvalue weighted by Crippen LogP contribution is 2.25. The fourth-order valence-corrected chi connectivity index (χ4v) is 2.90. The first kappa shape index (κ1) is 16.3. The number of hydrogen-bond donors (Lipinski definition) is 2. The lowest BCUT2D eigenvalue weighted by Crippen LogP contribution is -2.20. The van der Waals surface area contributed by atoms with E-state index in [1.807, 2.05) is 0 Å². The van der Waals surface area contributed by atoms with E-state index in [2.05, 4.69) is 0 Å². The molecule has 0 aliphatic carbocycles. The lowest BCUT2D eigenvalue weighted by molar-refractivity contribution is 0.126. The van der Waals surface area contributed by atoms with Crippen molar-refractivity contribution < 1.29 is 14.9 Å². The van der Waals surface area contributed by atoms with Crippen molar-refractivity contribution in [1.82, 2.24) is 0 Å². The molecule has 0 fully saturated rings. The molecule has 0 spiro atoms. The molecule has 21 heavy (non-hydrogen) atoms. The van der Waals surface area contributed by atoms with E-state index < -0.39 is 6.10 Å². The van der Waals surface area contributed by atoms with Crippen LogP contribution in [0.3, 0.4) is 0 Å². The van der Waals surface area contributed by atoms with Crippen molar-refractivity contribution >= 4 is 35.0 Å². The minimum Gasteiger partial charge on any atom is -0.508 e. The topological polar surface area (TPSA) is 49.7 Å². The number of ether oxygens (including phenoxy) is 1. The fraction of sp³-hybridized carbons (Fsp3) is 0.200. The van der Waals surface area contributed by atoms with Gasteiger partial charge in [0.25, 0.3) is 0 Å². The fourth-order valence-electron chi connectivity index (χ4n) is 1.59. The van der Waals surface area contributed by atoms with Gasteiger partial charge in [0.2, 0.25) is 0 Å². The summed E-state index contributed by atoms with van der Waals surface area (Å²) in [6, 6.07) is 11.7. The van der Waals surface area contributed by atoms with Crippen LogP contribution < -0.4 is 4.74 Å². The highest BCUT2D eigenvalue weighted by Gasteiger charge is 2.07. The van der Waals surface area contributed by atoms with Crippen molar-refractivity contribution in [2.75, 3.05) is 12.4 Å². The van der Waals surface area contributed by atoms with Crippen molar-refractivity contribution in [3.8, 4) is 11.5 Å². The summed E-state index contributed by atoms with van der Waals surface area (Å²) < 4.78 is 5.46. The molecule has 112 valence electrons. The Morgan fingerprint density at radius 2 is 1.67 bits per heavy atom. The molecule has 0 heterocycles. The standard InChI is InChI=1S/C15H14Cl2O3S/c16-10-5-11(17)7-14(6-10)20-8-13(19)9-21-15-3-1-12(18)2-4-15/h1-7,13,18-19H,8-9H2. The van der Waals surface area contributed by atoms with E-state index in [1.54, 1.807) is 42.5 Å². The molecule has 2 rings (SSSR count). The molecular weight excluding hydrogens is 331 g/mol. The van der Waals surface area contributed by atoms with Crippen LogP contribution in [0.2, 0.25) is 10.0 Å². The largest absolute Gasteiger partial charge is 0.508 e. The molecule has 0 aliphatic rings. The van der Waals surface area contributed by atoms with Crippen LogP contribution in [0.1, 0.15) is 0 Å². The van der Waals surface area contributed by atoms with Gasteiger partial charge in [0, 0.05) is 20.7 Å². The van der Waals surface area contributed by atoms with E-state index in [4.69, 9.17) is 27.9 Å². The Labute approximate surface area is 137 Å². The second kappa shape index (κ2) is 7.80. The number of aliphatic hydroxyl groups is 1. The molecule has 0 radical (unpaired) electrons. The smallest absolute Gasteiger partial charge is 0.122 e. The van der Waals surface area contributed by atoms with Crippen LogP contribution >= 0.6 is 35.0 Å². The zero-order valence-electron chi connectivity index (χ0n) is 11.0. The van der Waals surface area contributed by atoms with Crippen LogP contribution in [0.15, 0.2) is 47.4 Å². The van der Waals surface area contributed by atoms with Crippen LogP contribution in [0.5, 0.6) is 11.5 Å². The first-order chi connectivity index (χ1) is 10.0. The first-order valence-electron chi connectivity index (χ1n) is 6.22. The minimum atomic E-state index is -0.624. The molecule has 0 amide bonds. The number of halogens is 2. The van der Waals surface area contributed by atoms with E-state index in [-0.39, 0.29) is 12.4 Å². The number of aromatic hydroxyl groups is 1. The van der Waals surface area contributed by atoms with E-state index in [9.17, 15) is 10.2 Å². The first-order valence-corrected chi connectivity index (χ1v) is 7.96. The summed E-state index contributed by atoms with van der Waals surface area (Å²) in [6.45, 7) is 0.155. The second-order valence-corrected chi connectivity index (χ2v) is 6.34. The third-order valence-corrected chi connectivity index (χ3v) is 4.15. The zero-order valence-corrected chi connectivity index (χ0v) is 13.3. The van der Waals surface area contributed by atoms with Crippen LogP contribution in [0.25, 0.3) is 0 Å². The number of phenols is 1. The Bertz CT molecular complexity index is 570. The van der Waals surface area contributed by atoms with Crippen molar-refractivity contribution in [3.63, 3.8) is 0 Å². The lowest BCUT2D eigenvalue weighted by Gasteiger charge is -2.12. The summed E-state index contributed by atoms with van der Waals surface area (Å²) in [5.74, 6) is 1.24. The number of aliphatic hydroxyl groups excluding tert-OH is 1. The highest BCUT2D eigenvalue weighted by molar-refractivity contribution is 7.99. The van der Waals surface area contributed by atoms with Gasteiger partial charge >= 0.3 is 0 Å². The molecule has 6 heteroatoms. The normalized spacial score (nSPS) is 12.1. The third-order valence-electron chi connectivity index (χ3n) is 2.56. The Morgan fingerprint density at radius 3 is 2.29 bits per heavy atom. The molecule has 0 saturated heterocycles. The van der Waals surface area contributed by atoms with Gasteiger partial charge in [-0.3, -0.25) is 0 Å². The third kappa shape index (κ3) is 5.67. The van der Waals surface area contributed by atoms with Gasteiger partial charge < -0.3 is 14.9 Å². The Balaban J connectivity index is 1.79. The van der Waals surface area contributed by atoms with Gasteiger partial charge in [0.15, 0.2) is 0 Å². The average Bonchev–Trinajstić information content (AvgIpc) is 2.43. The summed E-state index contributed by atoms with van der Waals surface area (Å²) in [5, 5.41) is 20.1. The summed E-state index contributed by atoms with van der Waals surface area (Å²) in [6.07, 6.45) is -0.624. The van der Waals surface area contributed by atoms with E-state index in [0.717, 1.165) is 4.90 Å². The SMILES string of the molecule is Oc1ccc(SCC(O)COc2cc(Cl)cc(Cl)c2)cc1. The maximum atomic E-state index is 9.90. The van der Waals surface area contributed by atoms with Gasteiger partial charge in [0.05, 0.1) is 6.10 Å². The van der Waals surface area contributed by atoms with Crippen molar-refractivity contribution in [3.05, 3.63) is 52.5 Å². The highest BCUT2D eigenvalue weighted by atomic mass is 35.5. The minimum absolute atomic E-state index is 0.155. The van der Waals surface area contributed by atoms with Gasteiger partial charge in [-0.2, -0.15) is 0 Å². The van der Waals surface area contributed by atoms with Crippen LogP contribution in [-0.4, -0.2) is 28.7 Å². The monoisotopic (exact) mass is 344 g/mol. The van der Waals surface area contributed by atoms with E-state index in [0.29, 0.717) is 21.5 Å². The Morgan fingerprint density at radius 1 is 1.05 bits per heavy atom. The van der Waals surface area contributed by atoms with E-state index in [1.165, 1.54) is 11.8 Å². The number of rotatable bonds is 6. The van der Waals surface area contributed by atoms with Crippen LogP contribution in [0.4, 0.5) is 0 Å². The molecule has 2 aromatic rings. The average molecular weight is 345 g/mol. The van der Waals surface area contributed by atoms with Crippen molar-refractivity contribution in [2.45, 2.75) is 11.0 Å². The molecule has 0 bridgehead atoms. The van der Waals surface area contributed by atoms with Crippen molar-refractivity contribution in [1.29, 1.82) is 0 Å². The lowest BCUT2D eigenvalue weighted by atomic mass is 10.3. The molecule has 0 saturated carbocycles. The molecular formula is C15H14Cl2O3S. The molecule has 2 aromatic carbocycles. The maximum Gasteiger partial charge on any atom is 0.122 e. The van der Waals surface area contributed by atoms with Crippen LogP contribution in [-0.2, 0) is 0 Å². The molecule has 1 atom stereocenters. The molecule has 3 nitrogen and oxygen atoms in total. The quantitative estimate of drug-likeness (QED) is 0.770. The van der Waals surface area contributed by atoms with Gasteiger partial charge in [0.1, 0.15) is 18.1 Å². The van der Waals surface area contributed by atoms with Gasteiger partial charge in [-0.25, -0.2) is 0 Å². The zero-order chi connectivity index (χ0) is 15.2. The Hall–Kier alpha value is -1.07. The molecule has 0 aliphatic heterocycles. The molecule has 1 unspecified atom stereocenters. The number of thioether (sulfide) groups is 1. The van der Waals surface area contributed by atoms with Gasteiger partial charge in [-0.15, -0.1) is 11.8 Å². The second-order valence-electron chi connectivity index (χ2n) is 4.37.